The molecule has 0 aliphatic heterocycles. The summed E-state index contributed by atoms with van der Waals surface area (Å²) in [5.41, 5.74) is -0.673. The zero-order valence-corrected chi connectivity index (χ0v) is 14.1. The summed E-state index contributed by atoms with van der Waals surface area (Å²) in [5.74, 6) is 0. The second-order valence-corrected chi connectivity index (χ2v) is 7.22. The van der Waals surface area contributed by atoms with Crippen molar-refractivity contribution in [1.29, 1.82) is 0 Å². The Morgan fingerprint density at radius 2 is 1.70 bits per heavy atom. The van der Waals surface area contributed by atoms with Crippen LogP contribution in [0.1, 0.15) is 46.3 Å². The fourth-order valence-electron chi connectivity index (χ4n) is 1.70. The molecule has 0 spiro atoms. The van der Waals surface area contributed by atoms with Crippen LogP contribution < -0.4 is 5.32 Å². The first-order valence-electron chi connectivity index (χ1n) is 6.46. The number of halogens is 1. The van der Waals surface area contributed by atoms with Gasteiger partial charge in [-0.15, -0.1) is 0 Å². The smallest absolute Gasteiger partial charge is 0.408 e. The molecular weight excluding hydrogens is 322 g/mol. The van der Waals surface area contributed by atoms with Crippen molar-refractivity contribution in [3.05, 3.63) is 34.3 Å². The van der Waals surface area contributed by atoms with Gasteiger partial charge >= 0.3 is 6.09 Å². The van der Waals surface area contributed by atoms with Crippen LogP contribution in [-0.2, 0) is 4.74 Å². The van der Waals surface area contributed by atoms with Gasteiger partial charge in [0.25, 0.3) is 0 Å². The van der Waals surface area contributed by atoms with E-state index < -0.39 is 23.3 Å². The molecule has 0 saturated heterocycles. The van der Waals surface area contributed by atoms with E-state index in [2.05, 4.69) is 21.2 Å². The lowest BCUT2D eigenvalue weighted by Gasteiger charge is -2.33. The average molecular weight is 344 g/mol. The van der Waals surface area contributed by atoms with Gasteiger partial charge < -0.3 is 15.2 Å². The molecule has 1 atom stereocenters. The highest BCUT2D eigenvalue weighted by molar-refractivity contribution is 9.10. The van der Waals surface area contributed by atoms with Gasteiger partial charge in [-0.25, -0.2) is 4.79 Å². The van der Waals surface area contributed by atoms with Crippen LogP contribution in [0.4, 0.5) is 4.79 Å². The predicted octanol–water partition coefficient (Wildman–Crippen LogP) is 3.79. The van der Waals surface area contributed by atoms with Gasteiger partial charge in [-0.1, -0.05) is 28.1 Å². The molecule has 0 radical (unpaired) electrons. The quantitative estimate of drug-likeness (QED) is 0.877. The highest BCUT2D eigenvalue weighted by atomic mass is 79.9. The van der Waals surface area contributed by atoms with Gasteiger partial charge in [0.15, 0.2) is 0 Å². The van der Waals surface area contributed by atoms with E-state index in [4.69, 9.17) is 4.74 Å². The van der Waals surface area contributed by atoms with E-state index in [1.807, 2.05) is 24.3 Å². The molecule has 1 aromatic rings. The number of benzene rings is 1. The molecule has 20 heavy (non-hydrogen) atoms. The molecule has 4 nitrogen and oxygen atoms in total. The van der Waals surface area contributed by atoms with Crippen molar-refractivity contribution in [3.63, 3.8) is 0 Å². The van der Waals surface area contributed by atoms with E-state index in [1.165, 1.54) is 0 Å². The molecule has 1 rings (SSSR count). The fourth-order valence-corrected chi connectivity index (χ4v) is 1.96. The number of carbonyl (C=O) groups excluding carboxylic acids is 1. The second-order valence-electron chi connectivity index (χ2n) is 6.30. The third-order valence-electron chi connectivity index (χ3n) is 2.69. The van der Waals surface area contributed by atoms with Crippen molar-refractivity contribution in [2.24, 2.45) is 0 Å². The van der Waals surface area contributed by atoms with Crippen LogP contribution >= 0.6 is 15.9 Å². The highest BCUT2D eigenvalue weighted by Gasteiger charge is 2.32. The number of carbonyl (C=O) groups is 1. The summed E-state index contributed by atoms with van der Waals surface area (Å²) in [5, 5.41) is 13.1. The van der Waals surface area contributed by atoms with Crippen molar-refractivity contribution in [2.45, 2.75) is 51.9 Å². The van der Waals surface area contributed by atoms with E-state index in [0.29, 0.717) is 0 Å². The maximum atomic E-state index is 11.8. The lowest BCUT2D eigenvalue weighted by Crippen LogP contribution is -2.49. The molecule has 0 fully saturated rings. The van der Waals surface area contributed by atoms with Crippen molar-refractivity contribution in [1.82, 2.24) is 5.32 Å². The molecule has 5 heteroatoms. The highest BCUT2D eigenvalue weighted by Crippen LogP contribution is 2.27. The Labute approximate surface area is 128 Å². The second kappa shape index (κ2) is 6.14. The third kappa shape index (κ3) is 5.13. The van der Waals surface area contributed by atoms with Gasteiger partial charge in [0.05, 0.1) is 5.54 Å². The van der Waals surface area contributed by atoms with Crippen LogP contribution in [0.3, 0.4) is 0 Å². The Balaban J connectivity index is 2.77. The third-order valence-corrected chi connectivity index (χ3v) is 3.22. The number of alkyl carbamates (subject to hydrolysis) is 1. The number of hydrogen-bond donors (Lipinski definition) is 2. The normalized spacial score (nSPS) is 13.8. The van der Waals surface area contributed by atoms with Crippen LogP contribution in [-0.4, -0.2) is 22.3 Å². The Kier molecular flexibility index (Phi) is 5.21. The standard InChI is InChI=1S/C15H22BrNO3/c1-14(2,3)20-13(19)17-15(4,5)12(18)10-6-8-11(16)9-7-10/h6-9,12,18H,1-5H3,(H,17,19). The number of aliphatic hydroxyl groups excluding tert-OH is 1. The number of nitrogens with one attached hydrogen (secondary N) is 1. The molecule has 2 N–H and O–H groups in total. The number of ether oxygens (including phenoxy) is 1. The summed E-state index contributed by atoms with van der Waals surface area (Å²) in [6, 6.07) is 7.32. The summed E-state index contributed by atoms with van der Waals surface area (Å²) < 4.78 is 6.15. The van der Waals surface area contributed by atoms with E-state index in [-0.39, 0.29) is 0 Å². The van der Waals surface area contributed by atoms with E-state index >= 15 is 0 Å². The topological polar surface area (TPSA) is 58.6 Å². The molecule has 0 bridgehead atoms. The van der Waals surface area contributed by atoms with E-state index in [1.54, 1.807) is 34.6 Å². The number of rotatable bonds is 3. The lowest BCUT2D eigenvalue weighted by molar-refractivity contribution is 0.0291. The summed E-state index contributed by atoms with van der Waals surface area (Å²) in [6.45, 7) is 8.90. The van der Waals surface area contributed by atoms with E-state index in [0.717, 1.165) is 10.0 Å². The molecule has 0 aliphatic rings. The minimum atomic E-state index is -0.837. The molecule has 1 aromatic carbocycles. The zero-order valence-electron chi connectivity index (χ0n) is 12.5. The van der Waals surface area contributed by atoms with Gasteiger partial charge in [-0.2, -0.15) is 0 Å². The summed E-state index contributed by atoms with van der Waals surface area (Å²) in [7, 11) is 0. The van der Waals surface area contributed by atoms with Gasteiger partial charge in [0.1, 0.15) is 11.7 Å². The maximum Gasteiger partial charge on any atom is 0.408 e. The van der Waals surface area contributed by atoms with Gasteiger partial charge in [0.2, 0.25) is 0 Å². The molecule has 0 saturated carbocycles. The van der Waals surface area contributed by atoms with Crippen molar-refractivity contribution in [2.75, 3.05) is 0 Å². The van der Waals surface area contributed by atoms with Crippen LogP contribution in [0.25, 0.3) is 0 Å². The van der Waals surface area contributed by atoms with E-state index in [9.17, 15) is 9.90 Å². The summed E-state index contributed by atoms with van der Waals surface area (Å²) in [6.07, 6.45) is -1.37. The summed E-state index contributed by atoms with van der Waals surface area (Å²) in [4.78, 5) is 11.8. The molecule has 1 unspecified atom stereocenters. The molecule has 112 valence electrons. The Morgan fingerprint density at radius 1 is 1.20 bits per heavy atom. The minimum Gasteiger partial charge on any atom is -0.444 e. The van der Waals surface area contributed by atoms with Gasteiger partial charge in [-0.3, -0.25) is 0 Å². The first-order chi connectivity index (χ1) is 9.01. The fraction of sp³-hybridized carbons (Fsp3) is 0.533. The average Bonchev–Trinajstić information content (AvgIpc) is 2.25. The zero-order chi connectivity index (χ0) is 15.6. The Bertz CT molecular complexity index is 463. The van der Waals surface area contributed by atoms with Crippen LogP contribution in [0, 0.1) is 0 Å². The largest absolute Gasteiger partial charge is 0.444 e. The van der Waals surface area contributed by atoms with Crippen LogP contribution in [0.15, 0.2) is 28.7 Å². The molecule has 1 amide bonds. The predicted molar refractivity (Wildman–Crippen MR) is 82.6 cm³/mol. The first-order valence-corrected chi connectivity index (χ1v) is 7.25. The Morgan fingerprint density at radius 3 is 2.15 bits per heavy atom. The van der Waals surface area contributed by atoms with Gasteiger partial charge in [0, 0.05) is 4.47 Å². The number of hydrogen-bond acceptors (Lipinski definition) is 3. The minimum absolute atomic E-state index is 0.543. The monoisotopic (exact) mass is 343 g/mol. The SMILES string of the molecule is CC(C)(C)OC(=O)NC(C)(C)C(O)c1ccc(Br)cc1. The van der Waals surface area contributed by atoms with Crippen molar-refractivity contribution < 1.29 is 14.6 Å². The maximum absolute atomic E-state index is 11.8. The van der Waals surface area contributed by atoms with Crippen LogP contribution in [0.5, 0.6) is 0 Å². The summed E-state index contributed by atoms with van der Waals surface area (Å²) >= 11 is 3.35. The van der Waals surface area contributed by atoms with Crippen LogP contribution in [0.2, 0.25) is 0 Å². The Hall–Kier alpha value is -1.07. The van der Waals surface area contributed by atoms with Crippen molar-refractivity contribution >= 4 is 22.0 Å². The first kappa shape index (κ1) is 17.0. The van der Waals surface area contributed by atoms with Crippen molar-refractivity contribution in [3.8, 4) is 0 Å². The molecule has 0 heterocycles. The lowest BCUT2D eigenvalue weighted by atomic mass is 9.91. The van der Waals surface area contributed by atoms with Gasteiger partial charge in [-0.05, 0) is 52.3 Å². The number of amides is 1. The molecule has 0 aliphatic carbocycles. The number of aliphatic hydroxyl groups is 1. The molecule has 0 aromatic heterocycles. The molecular formula is C15H22BrNO3.